The Hall–Kier alpha value is -3.95. The second-order valence-corrected chi connectivity index (χ2v) is 11.5. The van der Waals surface area contributed by atoms with Crippen LogP contribution in [0.15, 0.2) is 78.9 Å². The molecule has 1 N–H and O–H groups in total. The van der Waals surface area contributed by atoms with E-state index in [0.29, 0.717) is 24.7 Å². The van der Waals surface area contributed by atoms with Crippen molar-refractivity contribution >= 4 is 29.4 Å². The fourth-order valence-corrected chi connectivity index (χ4v) is 6.55. The molecule has 0 radical (unpaired) electrons. The standard InChI is InChI=1S/C32H31FN4O3S/c1-21-12-14-25(15-13-21)37-32-29(30(35-37)22-7-3-2-4-8-22)31(23-9-5-10-24(33)17-23)41-20-28(39)36(32)19-27(38)34-18-26-11-6-16-40-26/h2-5,7-10,12-15,17,26,31H,6,11,16,18-20H2,1H3,(H,34,38). The normalized spacial score (nSPS) is 18.7. The van der Waals surface area contributed by atoms with Gasteiger partial charge < -0.3 is 10.1 Å². The van der Waals surface area contributed by atoms with E-state index in [1.54, 1.807) is 10.7 Å². The molecule has 3 aromatic carbocycles. The van der Waals surface area contributed by atoms with Gasteiger partial charge in [0.25, 0.3) is 0 Å². The molecule has 2 aliphatic rings. The van der Waals surface area contributed by atoms with E-state index in [1.807, 2.05) is 67.6 Å². The molecule has 7 nitrogen and oxygen atoms in total. The van der Waals surface area contributed by atoms with E-state index in [0.717, 1.165) is 40.8 Å². The highest BCUT2D eigenvalue weighted by Gasteiger charge is 2.38. The molecule has 1 fully saturated rings. The SMILES string of the molecule is Cc1ccc(-n2nc(-c3ccccc3)c3c2N(CC(=O)NCC2CCCO2)C(=O)CSC3c2cccc(F)c2)cc1. The van der Waals surface area contributed by atoms with E-state index in [1.165, 1.54) is 28.8 Å². The molecular formula is C32H31FN4O3S. The Morgan fingerprint density at radius 2 is 1.90 bits per heavy atom. The molecule has 9 heteroatoms. The van der Waals surface area contributed by atoms with Crippen LogP contribution in [0.1, 0.15) is 34.8 Å². The third kappa shape index (κ3) is 5.78. The lowest BCUT2D eigenvalue weighted by atomic mass is 9.99. The van der Waals surface area contributed by atoms with Crippen molar-refractivity contribution in [2.24, 2.45) is 0 Å². The molecule has 2 atom stereocenters. The van der Waals surface area contributed by atoms with Crippen LogP contribution in [0, 0.1) is 12.7 Å². The number of benzene rings is 3. The number of rotatable bonds is 7. The van der Waals surface area contributed by atoms with Crippen LogP contribution in [0.3, 0.4) is 0 Å². The zero-order chi connectivity index (χ0) is 28.3. The van der Waals surface area contributed by atoms with Crippen LogP contribution in [-0.2, 0) is 14.3 Å². The maximum atomic E-state index is 14.5. The topological polar surface area (TPSA) is 76.5 Å². The number of nitrogens with one attached hydrogen (secondary N) is 1. The lowest BCUT2D eigenvalue weighted by Gasteiger charge is -2.23. The Balaban J connectivity index is 1.51. The second-order valence-electron chi connectivity index (χ2n) is 10.4. The number of hydrogen-bond donors (Lipinski definition) is 1. The number of fused-ring (bicyclic) bond motifs is 1. The van der Waals surface area contributed by atoms with Gasteiger partial charge in [0.05, 0.1) is 28.5 Å². The molecule has 210 valence electrons. The number of aryl methyl sites for hydroxylation is 1. The molecule has 0 aliphatic carbocycles. The molecular weight excluding hydrogens is 539 g/mol. The van der Waals surface area contributed by atoms with E-state index in [4.69, 9.17) is 9.84 Å². The Morgan fingerprint density at radius 3 is 2.63 bits per heavy atom. The predicted octanol–water partition coefficient (Wildman–Crippen LogP) is 5.45. The van der Waals surface area contributed by atoms with Crippen molar-refractivity contribution in [3.63, 3.8) is 0 Å². The molecule has 4 aromatic rings. The fraction of sp³-hybridized carbons (Fsp3) is 0.281. The van der Waals surface area contributed by atoms with Crippen LogP contribution >= 0.6 is 11.8 Å². The highest BCUT2D eigenvalue weighted by molar-refractivity contribution is 8.00. The largest absolute Gasteiger partial charge is 0.376 e. The molecule has 2 unspecified atom stereocenters. The van der Waals surface area contributed by atoms with E-state index in [9.17, 15) is 14.0 Å². The van der Waals surface area contributed by atoms with Gasteiger partial charge in [-0.1, -0.05) is 60.2 Å². The van der Waals surface area contributed by atoms with Gasteiger partial charge in [-0.05, 0) is 49.6 Å². The number of hydrogen-bond acceptors (Lipinski definition) is 5. The van der Waals surface area contributed by atoms with Gasteiger partial charge >= 0.3 is 0 Å². The van der Waals surface area contributed by atoms with Crippen LogP contribution in [0.5, 0.6) is 0 Å². The number of anilines is 1. The van der Waals surface area contributed by atoms with Gasteiger partial charge in [0, 0.05) is 24.3 Å². The van der Waals surface area contributed by atoms with Crippen LogP contribution < -0.4 is 10.2 Å². The summed E-state index contributed by atoms with van der Waals surface area (Å²) in [5, 5.41) is 7.63. The highest BCUT2D eigenvalue weighted by Crippen LogP contribution is 2.48. The summed E-state index contributed by atoms with van der Waals surface area (Å²) in [4.78, 5) is 28.6. The average Bonchev–Trinajstić information content (AvgIpc) is 3.62. The number of carbonyl (C=O) groups is 2. The number of amides is 2. The molecule has 1 aromatic heterocycles. The quantitative estimate of drug-likeness (QED) is 0.320. The summed E-state index contributed by atoms with van der Waals surface area (Å²) in [6.07, 6.45) is 1.87. The van der Waals surface area contributed by atoms with Crippen molar-refractivity contribution < 1.29 is 18.7 Å². The first-order chi connectivity index (χ1) is 20.0. The summed E-state index contributed by atoms with van der Waals surface area (Å²) in [5.74, 6) is -0.194. The highest BCUT2D eigenvalue weighted by atomic mass is 32.2. The number of carbonyl (C=O) groups excluding carboxylic acids is 2. The zero-order valence-electron chi connectivity index (χ0n) is 22.8. The maximum Gasteiger partial charge on any atom is 0.240 e. The first-order valence-corrected chi connectivity index (χ1v) is 14.8. The van der Waals surface area contributed by atoms with Crippen molar-refractivity contribution in [2.75, 3.05) is 30.3 Å². The van der Waals surface area contributed by atoms with Crippen molar-refractivity contribution in [3.05, 3.63) is 101 Å². The summed E-state index contributed by atoms with van der Waals surface area (Å²) in [6, 6.07) is 24.1. The third-order valence-corrected chi connectivity index (χ3v) is 8.67. The van der Waals surface area contributed by atoms with Crippen LogP contribution in [-0.4, -0.2) is 53.1 Å². The van der Waals surface area contributed by atoms with E-state index >= 15 is 0 Å². The lowest BCUT2D eigenvalue weighted by molar-refractivity contribution is -0.123. The van der Waals surface area contributed by atoms with Crippen LogP contribution in [0.4, 0.5) is 10.2 Å². The number of ether oxygens (including phenoxy) is 1. The second kappa shape index (κ2) is 11.9. The minimum absolute atomic E-state index is 0.00923. The van der Waals surface area contributed by atoms with Gasteiger partial charge in [-0.25, -0.2) is 9.07 Å². The lowest BCUT2D eigenvalue weighted by Crippen LogP contribution is -2.44. The third-order valence-electron chi connectivity index (χ3n) is 7.42. The molecule has 41 heavy (non-hydrogen) atoms. The molecule has 2 amide bonds. The van der Waals surface area contributed by atoms with Crippen molar-refractivity contribution in [1.82, 2.24) is 15.1 Å². The Bertz CT molecular complexity index is 1550. The average molecular weight is 571 g/mol. The molecule has 0 saturated carbocycles. The predicted molar refractivity (Wildman–Crippen MR) is 159 cm³/mol. The number of thioether (sulfide) groups is 1. The summed E-state index contributed by atoms with van der Waals surface area (Å²) < 4.78 is 21.9. The van der Waals surface area contributed by atoms with E-state index in [-0.39, 0.29) is 41.3 Å². The monoisotopic (exact) mass is 570 g/mol. The summed E-state index contributed by atoms with van der Waals surface area (Å²) >= 11 is 1.42. The van der Waals surface area contributed by atoms with E-state index < -0.39 is 0 Å². The van der Waals surface area contributed by atoms with Gasteiger partial charge in [-0.15, -0.1) is 11.8 Å². The molecule has 1 saturated heterocycles. The minimum atomic E-state index is -0.390. The van der Waals surface area contributed by atoms with Crippen LogP contribution in [0.2, 0.25) is 0 Å². The summed E-state index contributed by atoms with van der Waals surface area (Å²) in [6.45, 7) is 2.94. The van der Waals surface area contributed by atoms with E-state index in [2.05, 4.69) is 5.32 Å². The van der Waals surface area contributed by atoms with Gasteiger partial charge in [-0.2, -0.15) is 5.10 Å². The van der Waals surface area contributed by atoms with Gasteiger partial charge in [0.1, 0.15) is 18.2 Å². The summed E-state index contributed by atoms with van der Waals surface area (Å²) in [5.41, 5.74) is 4.90. The Labute approximate surface area is 242 Å². The summed E-state index contributed by atoms with van der Waals surface area (Å²) in [7, 11) is 0. The molecule has 3 heterocycles. The smallest absolute Gasteiger partial charge is 0.240 e. The first-order valence-electron chi connectivity index (χ1n) is 13.8. The van der Waals surface area contributed by atoms with Gasteiger partial charge in [-0.3, -0.25) is 14.5 Å². The van der Waals surface area contributed by atoms with Crippen molar-refractivity contribution in [1.29, 1.82) is 0 Å². The van der Waals surface area contributed by atoms with Crippen molar-refractivity contribution in [3.8, 4) is 16.9 Å². The number of halogens is 1. The maximum absolute atomic E-state index is 14.5. The van der Waals surface area contributed by atoms with Gasteiger partial charge in [0.15, 0.2) is 0 Å². The Kier molecular flexibility index (Phi) is 7.89. The number of aromatic nitrogens is 2. The molecule has 0 spiro atoms. The van der Waals surface area contributed by atoms with Crippen molar-refractivity contribution in [2.45, 2.75) is 31.1 Å². The zero-order valence-corrected chi connectivity index (χ0v) is 23.6. The van der Waals surface area contributed by atoms with Gasteiger partial charge in [0.2, 0.25) is 11.8 Å². The fourth-order valence-electron chi connectivity index (χ4n) is 5.36. The molecule has 0 bridgehead atoms. The minimum Gasteiger partial charge on any atom is -0.376 e. The van der Waals surface area contributed by atoms with Crippen LogP contribution in [0.25, 0.3) is 16.9 Å². The first kappa shape index (κ1) is 27.2. The Morgan fingerprint density at radius 1 is 1.10 bits per heavy atom. The molecule has 2 aliphatic heterocycles. The number of nitrogens with zero attached hydrogens (tertiary/aromatic N) is 3. The molecule has 6 rings (SSSR count).